The summed E-state index contributed by atoms with van der Waals surface area (Å²) < 4.78 is 0. The number of amidine groups is 1. The Morgan fingerprint density at radius 2 is 2.35 bits per heavy atom. The van der Waals surface area contributed by atoms with Gasteiger partial charge in [0.2, 0.25) is 0 Å². The molecule has 0 aromatic carbocycles. The first-order valence-corrected chi connectivity index (χ1v) is 4.94. The third-order valence-electron chi connectivity index (χ3n) is 2.02. The molecule has 0 fully saturated rings. The van der Waals surface area contributed by atoms with Crippen LogP contribution in [0, 0.1) is 15.5 Å². The van der Waals surface area contributed by atoms with Crippen molar-refractivity contribution in [2.75, 3.05) is 5.32 Å². The van der Waals surface area contributed by atoms with Crippen molar-refractivity contribution in [1.82, 2.24) is 4.98 Å². The minimum atomic E-state index is -0.521. The van der Waals surface area contributed by atoms with Gasteiger partial charge in [0.05, 0.1) is 16.9 Å². The van der Waals surface area contributed by atoms with Gasteiger partial charge in [-0.2, -0.15) is 0 Å². The van der Waals surface area contributed by atoms with Crippen LogP contribution in [-0.4, -0.2) is 21.9 Å². The Bertz CT molecular complexity index is 404. The summed E-state index contributed by atoms with van der Waals surface area (Å²) in [5.74, 6) is 0.519. The minimum absolute atomic E-state index is 0.0684. The zero-order valence-corrected chi connectivity index (χ0v) is 9.09. The molecule has 1 aromatic rings. The van der Waals surface area contributed by atoms with E-state index in [1.807, 2.05) is 0 Å². The summed E-state index contributed by atoms with van der Waals surface area (Å²) in [5, 5.41) is 20.3. The van der Waals surface area contributed by atoms with Crippen molar-refractivity contribution in [3.05, 3.63) is 28.4 Å². The van der Waals surface area contributed by atoms with Crippen LogP contribution in [0.5, 0.6) is 0 Å². The van der Waals surface area contributed by atoms with Crippen molar-refractivity contribution in [2.45, 2.75) is 19.0 Å². The van der Waals surface area contributed by atoms with E-state index in [1.165, 1.54) is 12.1 Å². The zero-order chi connectivity index (χ0) is 12.8. The number of nitrogens with zero attached hydrogens (tertiary/aromatic N) is 2. The number of pyridine rings is 1. The Kier molecular flexibility index (Phi) is 4.35. The lowest BCUT2D eigenvalue weighted by atomic mass is 10.2. The maximum atomic E-state index is 10.4. The van der Waals surface area contributed by atoms with E-state index < -0.39 is 11.1 Å². The molecule has 92 valence electrons. The van der Waals surface area contributed by atoms with Gasteiger partial charge in [0, 0.05) is 12.5 Å². The number of aromatic nitrogens is 1. The summed E-state index contributed by atoms with van der Waals surface area (Å²) in [6.07, 6.45) is 1.64. The van der Waals surface area contributed by atoms with E-state index >= 15 is 0 Å². The fraction of sp³-hybridized carbons (Fsp3) is 0.333. The van der Waals surface area contributed by atoms with Gasteiger partial charge in [0.15, 0.2) is 0 Å². The fourth-order valence-electron chi connectivity index (χ4n) is 1.15. The SMILES string of the molecule is N=C(N)CCC(N)Nc1ccc([N+](=O)[O-])cn1. The molecule has 0 aliphatic carbocycles. The Morgan fingerprint density at radius 1 is 1.65 bits per heavy atom. The number of nitrogens with one attached hydrogen (secondary N) is 2. The van der Waals surface area contributed by atoms with Gasteiger partial charge in [-0.05, 0) is 12.5 Å². The molecule has 0 saturated carbocycles. The predicted octanol–water partition coefficient (Wildman–Crippen LogP) is 0.403. The number of hydrogen-bond acceptors (Lipinski definition) is 6. The fourth-order valence-corrected chi connectivity index (χ4v) is 1.15. The number of rotatable bonds is 6. The molecule has 0 bridgehead atoms. The van der Waals surface area contributed by atoms with Gasteiger partial charge in [0.1, 0.15) is 12.0 Å². The summed E-state index contributed by atoms with van der Waals surface area (Å²) in [6, 6.07) is 2.82. The van der Waals surface area contributed by atoms with E-state index in [2.05, 4.69) is 10.3 Å². The summed E-state index contributed by atoms with van der Waals surface area (Å²) >= 11 is 0. The average Bonchev–Trinajstić information content (AvgIpc) is 2.27. The van der Waals surface area contributed by atoms with Gasteiger partial charge in [-0.15, -0.1) is 0 Å². The van der Waals surface area contributed by atoms with Crippen LogP contribution in [0.25, 0.3) is 0 Å². The van der Waals surface area contributed by atoms with Gasteiger partial charge in [0.25, 0.3) is 5.69 Å². The minimum Gasteiger partial charge on any atom is -0.388 e. The summed E-state index contributed by atoms with van der Waals surface area (Å²) in [7, 11) is 0. The lowest BCUT2D eigenvalue weighted by molar-refractivity contribution is -0.385. The van der Waals surface area contributed by atoms with E-state index in [1.54, 1.807) is 0 Å². The van der Waals surface area contributed by atoms with Gasteiger partial charge in [-0.3, -0.25) is 15.5 Å². The van der Waals surface area contributed by atoms with E-state index in [0.717, 1.165) is 6.20 Å². The predicted molar refractivity (Wildman–Crippen MR) is 63.6 cm³/mol. The third-order valence-corrected chi connectivity index (χ3v) is 2.02. The summed E-state index contributed by atoms with van der Waals surface area (Å²) in [5.41, 5.74) is 10.8. The molecule has 0 saturated heterocycles. The van der Waals surface area contributed by atoms with Crippen molar-refractivity contribution in [2.24, 2.45) is 11.5 Å². The van der Waals surface area contributed by atoms with Crippen molar-refractivity contribution in [3.8, 4) is 0 Å². The molecule has 1 aromatic heterocycles. The van der Waals surface area contributed by atoms with Crippen molar-refractivity contribution in [3.63, 3.8) is 0 Å². The van der Waals surface area contributed by atoms with Crippen LogP contribution < -0.4 is 16.8 Å². The summed E-state index contributed by atoms with van der Waals surface area (Å²) in [6.45, 7) is 0. The normalized spacial score (nSPS) is 11.8. The number of nitrogens with two attached hydrogens (primary N) is 2. The third kappa shape index (κ3) is 4.43. The molecule has 1 unspecified atom stereocenters. The lowest BCUT2D eigenvalue weighted by Gasteiger charge is -2.13. The Hall–Kier alpha value is -2.22. The van der Waals surface area contributed by atoms with Crippen LogP contribution in [0.4, 0.5) is 11.5 Å². The molecule has 1 rings (SSSR count). The molecule has 0 aliphatic heterocycles. The zero-order valence-electron chi connectivity index (χ0n) is 9.09. The molecule has 0 radical (unpaired) electrons. The highest BCUT2D eigenvalue weighted by Gasteiger charge is 2.07. The molecule has 0 aliphatic rings. The number of anilines is 1. The second-order valence-electron chi connectivity index (χ2n) is 3.47. The van der Waals surface area contributed by atoms with E-state index in [9.17, 15) is 10.1 Å². The Balaban J connectivity index is 2.51. The highest BCUT2D eigenvalue weighted by molar-refractivity contribution is 5.76. The average molecular weight is 238 g/mol. The maximum Gasteiger partial charge on any atom is 0.287 e. The van der Waals surface area contributed by atoms with Gasteiger partial charge >= 0.3 is 0 Å². The van der Waals surface area contributed by atoms with Crippen LogP contribution in [0.15, 0.2) is 18.3 Å². The van der Waals surface area contributed by atoms with Crippen LogP contribution in [-0.2, 0) is 0 Å². The van der Waals surface area contributed by atoms with Crippen molar-refractivity contribution >= 4 is 17.3 Å². The Labute approximate surface area is 97.7 Å². The molecule has 0 spiro atoms. The quantitative estimate of drug-likeness (QED) is 0.186. The van der Waals surface area contributed by atoms with E-state index in [-0.39, 0.29) is 11.5 Å². The van der Waals surface area contributed by atoms with Crippen molar-refractivity contribution in [1.29, 1.82) is 5.41 Å². The smallest absolute Gasteiger partial charge is 0.287 e. The largest absolute Gasteiger partial charge is 0.388 e. The molecule has 8 heteroatoms. The van der Waals surface area contributed by atoms with Gasteiger partial charge in [-0.1, -0.05) is 0 Å². The van der Waals surface area contributed by atoms with E-state index in [4.69, 9.17) is 16.9 Å². The molecule has 1 heterocycles. The second kappa shape index (κ2) is 5.75. The van der Waals surface area contributed by atoms with Crippen LogP contribution in [0.2, 0.25) is 0 Å². The second-order valence-corrected chi connectivity index (χ2v) is 3.47. The number of hydrogen-bond donors (Lipinski definition) is 4. The van der Waals surface area contributed by atoms with Gasteiger partial charge < -0.3 is 16.8 Å². The van der Waals surface area contributed by atoms with Crippen LogP contribution in [0.1, 0.15) is 12.8 Å². The first-order valence-electron chi connectivity index (χ1n) is 4.94. The molecule has 17 heavy (non-hydrogen) atoms. The molecule has 6 N–H and O–H groups in total. The standard InChI is InChI=1S/C9H14N6O2/c10-7(11)2-3-8(12)14-9-4-1-6(5-13-9)15(16)17/h1,4-5,8H,2-3,12H2,(H3,10,11)(H,13,14). The highest BCUT2D eigenvalue weighted by Crippen LogP contribution is 2.12. The molecular weight excluding hydrogens is 224 g/mol. The maximum absolute atomic E-state index is 10.4. The lowest BCUT2D eigenvalue weighted by Crippen LogP contribution is -2.31. The Morgan fingerprint density at radius 3 is 2.82 bits per heavy atom. The molecular formula is C9H14N6O2. The molecule has 0 amide bonds. The first-order chi connectivity index (χ1) is 7.99. The molecule has 8 nitrogen and oxygen atoms in total. The molecule has 1 atom stereocenters. The number of nitro groups is 1. The summed E-state index contributed by atoms with van der Waals surface area (Å²) in [4.78, 5) is 13.7. The van der Waals surface area contributed by atoms with Crippen LogP contribution in [0.3, 0.4) is 0 Å². The van der Waals surface area contributed by atoms with Gasteiger partial charge in [-0.25, -0.2) is 4.98 Å². The topological polar surface area (TPSA) is 144 Å². The van der Waals surface area contributed by atoms with Crippen LogP contribution >= 0.6 is 0 Å². The van der Waals surface area contributed by atoms with E-state index in [0.29, 0.717) is 18.7 Å². The van der Waals surface area contributed by atoms with Crippen molar-refractivity contribution < 1.29 is 4.92 Å². The monoisotopic (exact) mass is 238 g/mol. The highest BCUT2D eigenvalue weighted by atomic mass is 16.6. The first kappa shape index (κ1) is 12.8.